The Hall–Kier alpha value is -1.44. The predicted molar refractivity (Wildman–Crippen MR) is 73.8 cm³/mol. The standard InChI is InChI=1S/C14H17ClN2O2/c1-17-4-3-10(8-17)9-19-14-12(15)5-11(7-16)6-13(14)18-2/h5-6,10H,3-4,8-9H2,1-2H3. The number of methoxy groups -OCH3 is 1. The van der Waals surface area contributed by atoms with Crippen LogP contribution < -0.4 is 9.47 Å². The normalized spacial score (nSPS) is 19.2. The molecule has 19 heavy (non-hydrogen) atoms. The summed E-state index contributed by atoms with van der Waals surface area (Å²) >= 11 is 6.14. The van der Waals surface area contributed by atoms with Gasteiger partial charge in [0.25, 0.3) is 0 Å². The number of likely N-dealkylation sites (tertiary alicyclic amines) is 1. The molecule has 1 fully saturated rings. The number of nitriles is 1. The smallest absolute Gasteiger partial charge is 0.179 e. The summed E-state index contributed by atoms with van der Waals surface area (Å²) in [5.74, 6) is 1.55. The molecule has 0 amide bonds. The number of benzene rings is 1. The SMILES string of the molecule is COc1cc(C#N)cc(Cl)c1OCC1CCN(C)C1. The predicted octanol–water partition coefficient (Wildman–Crippen LogP) is 2.55. The zero-order valence-corrected chi connectivity index (χ0v) is 11.9. The zero-order chi connectivity index (χ0) is 13.8. The van der Waals surface area contributed by atoms with Crippen LogP contribution in [-0.4, -0.2) is 38.8 Å². The molecule has 0 radical (unpaired) electrons. The number of ether oxygens (including phenoxy) is 2. The molecule has 1 aliphatic heterocycles. The minimum atomic E-state index is 0.419. The van der Waals surface area contributed by atoms with E-state index in [1.54, 1.807) is 19.2 Å². The third-order valence-electron chi connectivity index (χ3n) is 3.31. The average Bonchev–Trinajstić information content (AvgIpc) is 2.82. The summed E-state index contributed by atoms with van der Waals surface area (Å²) in [6, 6.07) is 5.28. The van der Waals surface area contributed by atoms with Crippen molar-refractivity contribution in [2.24, 2.45) is 5.92 Å². The van der Waals surface area contributed by atoms with E-state index >= 15 is 0 Å². The van der Waals surface area contributed by atoms with Crippen LogP contribution in [0.1, 0.15) is 12.0 Å². The fraction of sp³-hybridized carbons (Fsp3) is 0.500. The molecule has 0 spiro atoms. The highest BCUT2D eigenvalue weighted by Gasteiger charge is 2.21. The number of hydrogen-bond acceptors (Lipinski definition) is 4. The van der Waals surface area contributed by atoms with Gasteiger partial charge in [0.1, 0.15) is 0 Å². The Labute approximate surface area is 118 Å². The molecule has 1 saturated heterocycles. The monoisotopic (exact) mass is 280 g/mol. The van der Waals surface area contributed by atoms with Gasteiger partial charge in [-0.25, -0.2) is 0 Å². The van der Waals surface area contributed by atoms with Gasteiger partial charge in [0.05, 0.1) is 30.4 Å². The number of rotatable bonds is 4. The van der Waals surface area contributed by atoms with E-state index in [2.05, 4.69) is 11.9 Å². The van der Waals surface area contributed by atoms with Gasteiger partial charge in [-0.1, -0.05) is 11.6 Å². The van der Waals surface area contributed by atoms with Crippen molar-refractivity contribution in [3.8, 4) is 17.6 Å². The van der Waals surface area contributed by atoms with Crippen molar-refractivity contribution in [2.45, 2.75) is 6.42 Å². The molecule has 0 aliphatic carbocycles. The molecule has 102 valence electrons. The fourth-order valence-corrected chi connectivity index (χ4v) is 2.55. The van der Waals surface area contributed by atoms with Crippen molar-refractivity contribution >= 4 is 11.6 Å². The molecule has 1 unspecified atom stereocenters. The molecule has 5 heteroatoms. The molecule has 1 aromatic rings. The molecule has 1 aliphatic rings. The lowest BCUT2D eigenvalue weighted by Crippen LogP contribution is -2.18. The van der Waals surface area contributed by atoms with Gasteiger partial charge in [0.2, 0.25) is 0 Å². The summed E-state index contributed by atoms with van der Waals surface area (Å²) < 4.78 is 11.0. The van der Waals surface area contributed by atoms with Crippen LogP contribution in [0, 0.1) is 17.2 Å². The highest BCUT2D eigenvalue weighted by molar-refractivity contribution is 6.32. The van der Waals surface area contributed by atoms with Crippen molar-refractivity contribution < 1.29 is 9.47 Å². The quantitative estimate of drug-likeness (QED) is 0.850. The summed E-state index contributed by atoms with van der Waals surface area (Å²) in [5.41, 5.74) is 0.467. The molecule has 4 nitrogen and oxygen atoms in total. The molecule has 2 rings (SSSR count). The first-order valence-electron chi connectivity index (χ1n) is 6.23. The van der Waals surface area contributed by atoms with Crippen molar-refractivity contribution in [1.29, 1.82) is 5.26 Å². The first-order valence-corrected chi connectivity index (χ1v) is 6.60. The van der Waals surface area contributed by atoms with Crippen LogP contribution in [0.2, 0.25) is 5.02 Å². The minimum Gasteiger partial charge on any atom is -0.493 e. The van der Waals surface area contributed by atoms with Crippen molar-refractivity contribution in [2.75, 3.05) is 33.9 Å². The maximum Gasteiger partial charge on any atom is 0.179 e. The number of nitrogens with zero attached hydrogens (tertiary/aromatic N) is 2. The zero-order valence-electron chi connectivity index (χ0n) is 11.1. The van der Waals surface area contributed by atoms with Gasteiger partial charge < -0.3 is 14.4 Å². The Morgan fingerprint density at radius 2 is 2.32 bits per heavy atom. The Kier molecular flexibility index (Phi) is 4.52. The summed E-state index contributed by atoms with van der Waals surface area (Å²) in [5, 5.41) is 9.31. The second-order valence-corrected chi connectivity index (χ2v) is 5.24. The third-order valence-corrected chi connectivity index (χ3v) is 3.59. The second-order valence-electron chi connectivity index (χ2n) is 4.83. The van der Waals surface area contributed by atoms with Gasteiger partial charge in [-0.05, 0) is 26.1 Å². The molecule has 1 atom stereocenters. The Bertz CT molecular complexity index is 499. The summed E-state index contributed by atoms with van der Waals surface area (Å²) in [6.45, 7) is 2.76. The van der Waals surface area contributed by atoms with E-state index in [9.17, 15) is 0 Å². The molecular weight excluding hydrogens is 264 g/mol. The van der Waals surface area contributed by atoms with Gasteiger partial charge in [-0.15, -0.1) is 0 Å². The molecule has 1 heterocycles. The number of hydrogen-bond donors (Lipinski definition) is 0. The fourth-order valence-electron chi connectivity index (χ4n) is 2.29. The van der Waals surface area contributed by atoms with Gasteiger partial charge in [0.15, 0.2) is 11.5 Å². The Morgan fingerprint density at radius 1 is 1.53 bits per heavy atom. The van der Waals surface area contributed by atoms with Crippen LogP contribution in [0.15, 0.2) is 12.1 Å². The van der Waals surface area contributed by atoms with E-state index < -0.39 is 0 Å². The lowest BCUT2D eigenvalue weighted by molar-refractivity contribution is 0.238. The molecule has 0 saturated carbocycles. The molecule has 0 aromatic heterocycles. The maximum atomic E-state index is 8.89. The first-order chi connectivity index (χ1) is 9.13. The van der Waals surface area contributed by atoms with E-state index in [0.29, 0.717) is 34.6 Å². The molecule has 0 bridgehead atoms. The van der Waals surface area contributed by atoms with Gasteiger partial charge in [0, 0.05) is 18.5 Å². The van der Waals surface area contributed by atoms with E-state index in [0.717, 1.165) is 19.5 Å². The largest absolute Gasteiger partial charge is 0.493 e. The van der Waals surface area contributed by atoms with Gasteiger partial charge in [-0.2, -0.15) is 5.26 Å². The molecule has 0 N–H and O–H groups in total. The first kappa shape index (κ1) is 14.0. The van der Waals surface area contributed by atoms with Gasteiger partial charge in [-0.3, -0.25) is 0 Å². The lowest BCUT2D eigenvalue weighted by Gasteiger charge is -2.15. The van der Waals surface area contributed by atoms with Crippen molar-refractivity contribution in [3.05, 3.63) is 22.7 Å². The summed E-state index contributed by atoms with van der Waals surface area (Å²) in [7, 11) is 3.65. The Morgan fingerprint density at radius 3 is 2.89 bits per heavy atom. The summed E-state index contributed by atoms with van der Waals surface area (Å²) in [4.78, 5) is 2.28. The summed E-state index contributed by atoms with van der Waals surface area (Å²) in [6.07, 6.45) is 1.13. The average molecular weight is 281 g/mol. The minimum absolute atomic E-state index is 0.419. The van der Waals surface area contributed by atoms with Crippen molar-refractivity contribution in [1.82, 2.24) is 4.90 Å². The van der Waals surface area contributed by atoms with Gasteiger partial charge >= 0.3 is 0 Å². The molecular formula is C14H17ClN2O2. The van der Waals surface area contributed by atoms with Crippen LogP contribution in [0.5, 0.6) is 11.5 Å². The van der Waals surface area contributed by atoms with Crippen LogP contribution in [0.3, 0.4) is 0 Å². The molecule has 1 aromatic carbocycles. The topological polar surface area (TPSA) is 45.5 Å². The highest BCUT2D eigenvalue weighted by Crippen LogP contribution is 2.36. The Balaban J connectivity index is 2.09. The van der Waals surface area contributed by atoms with E-state index in [1.165, 1.54) is 0 Å². The van der Waals surface area contributed by atoms with Crippen LogP contribution in [0.25, 0.3) is 0 Å². The second kappa shape index (κ2) is 6.14. The van der Waals surface area contributed by atoms with E-state index in [-0.39, 0.29) is 0 Å². The van der Waals surface area contributed by atoms with Crippen LogP contribution >= 0.6 is 11.6 Å². The van der Waals surface area contributed by atoms with Crippen LogP contribution in [0.4, 0.5) is 0 Å². The van der Waals surface area contributed by atoms with Crippen LogP contribution in [-0.2, 0) is 0 Å². The number of halogens is 1. The maximum absolute atomic E-state index is 8.89. The van der Waals surface area contributed by atoms with Crippen molar-refractivity contribution in [3.63, 3.8) is 0 Å². The van der Waals surface area contributed by atoms with E-state index in [4.69, 9.17) is 26.3 Å². The van der Waals surface area contributed by atoms with E-state index in [1.807, 2.05) is 6.07 Å². The lowest BCUT2D eigenvalue weighted by atomic mass is 10.1. The third kappa shape index (κ3) is 3.31. The highest BCUT2D eigenvalue weighted by atomic mass is 35.5.